The van der Waals surface area contributed by atoms with Gasteiger partial charge in [0, 0.05) is 31.4 Å². The number of primary amides is 1. The topological polar surface area (TPSA) is 58.4 Å². The highest BCUT2D eigenvalue weighted by Gasteiger charge is 2.25. The van der Waals surface area contributed by atoms with Crippen molar-refractivity contribution in [2.75, 3.05) is 24.5 Å². The van der Waals surface area contributed by atoms with Crippen molar-refractivity contribution < 1.29 is 4.79 Å². The van der Waals surface area contributed by atoms with E-state index in [-0.39, 0.29) is 5.91 Å². The molecule has 3 N–H and O–H groups in total. The molecule has 4 nitrogen and oxygen atoms in total. The van der Waals surface area contributed by atoms with Gasteiger partial charge in [-0.25, -0.2) is 0 Å². The van der Waals surface area contributed by atoms with Crippen LogP contribution in [0.15, 0.2) is 54.6 Å². The number of allylic oxidation sites excluding steroid dienone is 2. The Kier molecular flexibility index (Phi) is 5.26. The average molecular weight is 361 g/mol. The van der Waals surface area contributed by atoms with E-state index in [0.29, 0.717) is 11.6 Å². The van der Waals surface area contributed by atoms with Gasteiger partial charge in [0.2, 0.25) is 0 Å². The van der Waals surface area contributed by atoms with Gasteiger partial charge in [0.15, 0.2) is 0 Å². The summed E-state index contributed by atoms with van der Waals surface area (Å²) in [6.45, 7) is 2.75. The molecule has 0 bridgehead atoms. The molecule has 1 unspecified atom stereocenters. The van der Waals surface area contributed by atoms with Gasteiger partial charge >= 0.3 is 0 Å². The minimum absolute atomic E-state index is 0.355. The Balaban J connectivity index is 1.53. The highest BCUT2D eigenvalue weighted by atomic mass is 16.1. The molecule has 1 aliphatic carbocycles. The minimum Gasteiger partial charge on any atom is -0.366 e. The summed E-state index contributed by atoms with van der Waals surface area (Å²) in [6.07, 6.45) is 6.78. The van der Waals surface area contributed by atoms with Crippen molar-refractivity contribution in [3.63, 3.8) is 0 Å². The summed E-state index contributed by atoms with van der Waals surface area (Å²) in [5, 5.41) is 3.51. The molecule has 4 heteroatoms. The fourth-order valence-corrected chi connectivity index (χ4v) is 4.39. The van der Waals surface area contributed by atoms with Gasteiger partial charge in [-0.3, -0.25) is 4.79 Å². The van der Waals surface area contributed by atoms with E-state index >= 15 is 0 Å². The van der Waals surface area contributed by atoms with E-state index in [1.54, 1.807) is 0 Å². The third kappa shape index (κ3) is 3.76. The van der Waals surface area contributed by atoms with Gasteiger partial charge in [-0.2, -0.15) is 0 Å². The van der Waals surface area contributed by atoms with Crippen molar-refractivity contribution in [2.24, 2.45) is 5.73 Å². The largest absolute Gasteiger partial charge is 0.366 e. The van der Waals surface area contributed by atoms with Crippen LogP contribution in [0, 0.1) is 0 Å². The van der Waals surface area contributed by atoms with E-state index in [2.05, 4.69) is 40.6 Å². The van der Waals surface area contributed by atoms with Crippen molar-refractivity contribution in [1.29, 1.82) is 0 Å². The van der Waals surface area contributed by atoms with Gasteiger partial charge in [0.05, 0.1) is 5.56 Å². The van der Waals surface area contributed by atoms with Crippen LogP contribution in [0.25, 0.3) is 5.57 Å². The molecule has 1 amide bonds. The highest BCUT2D eigenvalue weighted by molar-refractivity contribution is 5.98. The molecule has 0 radical (unpaired) electrons. The van der Waals surface area contributed by atoms with Crippen molar-refractivity contribution in [3.05, 3.63) is 71.3 Å². The monoisotopic (exact) mass is 361 g/mol. The van der Waals surface area contributed by atoms with Crippen LogP contribution in [0.4, 0.5) is 5.69 Å². The number of hydrogen-bond acceptors (Lipinski definition) is 3. The lowest BCUT2D eigenvalue weighted by atomic mass is 9.87. The minimum atomic E-state index is -0.355. The van der Waals surface area contributed by atoms with Crippen LogP contribution in [0.3, 0.4) is 0 Å². The lowest BCUT2D eigenvalue weighted by Crippen LogP contribution is -2.52. The van der Waals surface area contributed by atoms with Crippen molar-refractivity contribution >= 4 is 17.2 Å². The second-order valence-electron chi connectivity index (χ2n) is 7.40. The molecular weight excluding hydrogens is 334 g/mol. The van der Waals surface area contributed by atoms with Crippen molar-refractivity contribution in [3.8, 4) is 0 Å². The quantitative estimate of drug-likeness (QED) is 0.858. The first-order chi connectivity index (χ1) is 13.2. The fraction of sp³-hybridized carbons (Fsp3) is 0.348. The summed E-state index contributed by atoms with van der Waals surface area (Å²) in [5.41, 5.74) is 11.5. The third-order valence-electron chi connectivity index (χ3n) is 5.74. The van der Waals surface area contributed by atoms with Gasteiger partial charge in [0.1, 0.15) is 0 Å². The number of amides is 1. The number of benzene rings is 2. The molecule has 140 valence electrons. The average Bonchev–Trinajstić information content (AvgIpc) is 2.72. The summed E-state index contributed by atoms with van der Waals surface area (Å²) < 4.78 is 0. The number of fused-ring (bicyclic) bond motifs is 1. The summed E-state index contributed by atoms with van der Waals surface area (Å²) in [5.74, 6) is -0.355. The molecule has 1 atom stereocenters. The lowest BCUT2D eigenvalue weighted by Gasteiger charge is -2.39. The molecule has 0 aromatic heterocycles. The van der Waals surface area contributed by atoms with Crippen LogP contribution in [-0.2, 0) is 6.42 Å². The second kappa shape index (κ2) is 7.97. The smallest absolute Gasteiger partial charge is 0.250 e. The molecule has 2 aromatic rings. The lowest BCUT2D eigenvalue weighted by molar-refractivity contribution is 0.100. The van der Waals surface area contributed by atoms with E-state index in [4.69, 9.17) is 5.73 Å². The normalized spacial score (nSPS) is 19.3. The number of hydrogen-bond donors (Lipinski definition) is 2. The molecule has 4 rings (SSSR count). The number of anilines is 1. The van der Waals surface area contributed by atoms with Crippen LogP contribution < -0.4 is 16.0 Å². The summed E-state index contributed by atoms with van der Waals surface area (Å²) in [7, 11) is 0. The third-order valence-corrected chi connectivity index (χ3v) is 5.74. The van der Waals surface area contributed by atoms with Gasteiger partial charge < -0.3 is 16.0 Å². The Morgan fingerprint density at radius 1 is 1.15 bits per heavy atom. The number of carbonyl (C=O) groups excluding carboxylic acids is 1. The Labute approximate surface area is 161 Å². The molecular formula is C23H27N3O. The SMILES string of the molecule is NC(=O)c1ccccc1N1CCNCC1CCC1=CCCc2ccccc21. The van der Waals surface area contributed by atoms with Crippen LogP contribution in [0.5, 0.6) is 0 Å². The zero-order valence-corrected chi connectivity index (χ0v) is 15.7. The Morgan fingerprint density at radius 3 is 2.85 bits per heavy atom. The van der Waals surface area contributed by atoms with Gasteiger partial charge in [-0.15, -0.1) is 0 Å². The second-order valence-corrected chi connectivity index (χ2v) is 7.40. The standard InChI is InChI=1S/C23H27N3O/c24-23(27)21-10-3-4-11-22(21)26-15-14-25-16-19(26)13-12-18-8-5-7-17-6-1-2-9-20(17)18/h1-4,6,8-11,19,25H,5,7,12-16H2,(H2,24,27). The number of carbonyl (C=O) groups is 1. The highest BCUT2D eigenvalue weighted by Crippen LogP contribution is 2.32. The Bertz CT molecular complexity index is 858. The first-order valence-electron chi connectivity index (χ1n) is 9.87. The maximum Gasteiger partial charge on any atom is 0.250 e. The number of rotatable bonds is 5. The molecule has 1 aliphatic heterocycles. The predicted molar refractivity (Wildman–Crippen MR) is 111 cm³/mol. The number of nitrogens with two attached hydrogens (primary N) is 1. The maximum atomic E-state index is 11.9. The fourth-order valence-electron chi connectivity index (χ4n) is 4.39. The van der Waals surface area contributed by atoms with Crippen LogP contribution >= 0.6 is 0 Å². The summed E-state index contributed by atoms with van der Waals surface area (Å²) >= 11 is 0. The van der Waals surface area contributed by atoms with Crippen LogP contribution in [0.1, 0.15) is 40.7 Å². The summed E-state index contributed by atoms with van der Waals surface area (Å²) in [4.78, 5) is 14.3. The van der Waals surface area contributed by atoms with E-state index in [9.17, 15) is 4.79 Å². The predicted octanol–water partition coefficient (Wildman–Crippen LogP) is 3.37. The van der Waals surface area contributed by atoms with E-state index < -0.39 is 0 Å². The number of aryl methyl sites for hydroxylation is 1. The van der Waals surface area contributed by atoms with Gasteiger partial charge in [0.25, 0.3) is 5.91 Å². The first-order valence-corrected chi connectivity index (χ1v) is 9.87. The Morgan fingerprint density at radius 2 is 1.96 bits per heavy atom. The van der Waals surface area contributed by atoms with E-state index in [1.807, 2.05) is 24.3 Å². The molecule has 0 spiro atoms. The zero-order valence-electron chi connectivity index (χ0n) is 15.7. The van der Waals surface area contributed by atoms with Gasteiger partial charge in [-0.05, 0) is 54.5 Å². The first kappa shape index (κ1) is 17.8. The Hall–Kier alpha value is -2.59. The molecule has 2 aliphatic rings. The molecule has 1 heterocycles. The van der Waals surface area contributed by atoms with E-state index in [1.165, 1.54) is 16.7 Å². The number of nitrogens with one attached hydrogen (secondary N) is 1. The zero-order chi connectivity index (χ0) is 18.6. The molecule has 0 saturated carbocycles. The molecule has 27 heavy (non-hydrogen) atoms. The van der Waals surface area contributed by atoms with Crippen LogP contribution in [-0.4, -0.2) is 31.6 Å². The van der Waals surface area contributed by atoms with Crippen molar-refractivity contribution in [1.82, 2.24) is 5.32 Å². The number of para-hydroxylation sites is 1. The maximum absolute atomic E-state index is 11.9. The number of piperazine rings is 1. The van der Waals surface area contributed by atoms with Crippen molar-refractivity contribution in [2.45, 2.75) is 31.7 Å². The van der Waals surface area contributed by atoms with E-state index in [0.717, 1.165) is 51.0 Å². The molecule has 1 saturated heterocycles. The number of nitrogens with zero attached hydrogens (tertiary/aromatic N) is 1. The molecule has 1 fully saturated rings. The molecule has 2 aromatic carbocycles. The van der Waals surface area contributed by atoms with Gasteiger partial charge in [-0.1, -0.05) is 42.5 Å². The van der Waals surface area contributed by atoms with Crippen LogP contribution in [0.2, 0.25) is 0 Å². The summed E-state index contributed by atoms with van der Waals surface area (Å²) in [6, 6.07) is 16.8.